The number of hydrogen-bond acceptors (Lipinski definition) is 2. The Balaban J connectivity index is 2.52. The highest BCUT2D eigenvalue weighted by molar-refractivity contribution is 5.44. The summed E-state index contributed by atoms with van der Waals surface area (Å²) >= 11 is 0. The van der Waals surface area contributed by atoms with Gasteiger partial charge in [0.2, 0.25) is 0 Å². The smallest absolute Gasteiger partial charge is 0.106 e. The molecule has 0 aliphatic heterocycles. The molecule has 0 bridgehead atoms. The average Bonchev–Trinajstić information content (AvgIpc) is 2.56. The summed E-state index contributed by atoms with van der Waals surface area (Å²) in [6.07, 6.45) is 0. The number of rotatable bonds is 2. The normalized spacial score (nSPS) is 12.8. The van der Waals surface area contributed by atoms with E-state index in [-0.39, 0.29) is 6.04 Å². The van der Waals surface area contributed by atoms with Gasteiger partial charge in [-0.3, -0.25) is 0 Å². The predicted molar refractivity (Wildman–Crippen MR) is 74.9 cm³/mol. The SMILES string of the molecule is Cc1cc(C)c(C(N)c2cc(C)oc2C)c(C)c1. The van der Waals surface area contributed by atoms with Gasteiger partial charge in [-0.05, 0) is 57.4 Å². The number of nitrogens with two attached hydrogens (primary N) is 1. The van der Waals surface area contributed by atoms with E-state index in [0.717, 1.165) is 17.1 Å². The van der Waals surface area contributed by atoms with Crippen LogP contribution < -0.4 is 5.73 Å². The fourth-order valence-corrected chi connectivity index (χ4v) is 2.80. The summed E-state index contributed by atoms with van der Waals surface area (Å²) < 4.78 is 5.58. The third-order valence-corrected chi connectivity index (χ3v) is 3.46. The molecule has 0 spiro atoms. The highest BCUT2D eigenvalue weighted by Crippen LogP contribution is 2.30. The molecule has 0 amide bonds. The maximum absolute atomic E-state index is 6.42. The Morgan fingerprint density at radius 1 is 0.944 bits per heavy atom. The van der Waals surface area contributed by atoms with Crippen LogP contribution >= 0.6 is 0 Å². The third kappa shape index (κ3) is 2.21. The lowest BCUT2D eigenvalue weighted by atomic mass is 9.90. The molecule has 0 aliphatic carbocycles. The van der Waals surface area contributed by atoms with Gasteiger partial charge in [-0.25, -0.2) is 0 Å². The Morgan fingerprint density at radius 2 is 1.50 bits per heavy atom. The zero-order valence-electron chi connectivity index (χ0n) is 11.8. The van der Waals surface area contributed by atoms with Crippen LogP contribution in [0.25, 0.3) is 0 Å². The molecule has 96 valence electrons. The lowest BCUT2D eigenvalue weighted by molar-refractivity contribution is 0.499. The Kier molecular flexibility index (Phi) is 3.31. The van der Waals surface area contributed by atoms with Crippen LogP contribution in [-0.4, -0.2) is 0 Å². The largest absolute Gasteiger partial charge is 0.466 e. The standard InChI is InChI=1S/C16H21NO/c1-9-6-10(2)15(11(3)7-9)16(17)14-8-12(4)18-13(14)5/h6-8,16H,17H2,1-5H3. The van der Waals surface area contributed by atoms with Crippen molar-refractivity contribution >= 4 is 0 Å². The number of furan rings is 1. The zero-order chi connectivity index (χ0) is 13.4. The summed E-state index contributed by atoms with van der Waals surface area (Å²) in [5, 5.41) is 0. The van der Waals surface area contributed by atoms with Gasteiger partial charge in [0.1, 0.15) is 11.5 Å². The van der Waals surface area contributed by atoms with Crippen molar-refractivity contribution in [3.05, 3.63) is 57.5 Å². The van der Waals surface area contributed by atoms with Gasteiger partial charge in [-0.15, -0.1) is 0 Å². The minimum absolute atomic E-state index is 0.108. The van der Waals surface area contributed by atoms with Gasteiger partial charge < -0.3 is 10.2 Å². The molecule has 1 unspecified atom stereocenters. The van der Waals surface area contributed by atoms with Gasteiger partial charge in [0.15, 0.2) is 0 Å². The van der Waals surface area contributed by atoms with Crippen LogP contribution in [0, 0.1) is 34.6 Å². The Labute approximate surface area is 109 Å². The summed E-state index contributed by atoms with van der Waals surface area (Å²) in [4.78, 5) is 0. The molecule has 2 N–H and O–H groups in total. The van der Waals surface area contributed by atoms with Crippen LogP contribution in [0.3, 0.4) is 0 Å². The van der Waals surface area contributed by atoms with Crippen molar-refractivity contribution in [1.82, 2.24) is 0 Å². The summed E-state index contributed by atoms with van der Waals surface area (Å²) in [6.45, 7) is 10.3. The number of benzene rings is 1. The predicted octanol–water partition coefficient (Wildman–Crippen LogP) is 3.87. The van der Waals surface area contributed by atoms with Crippen LogP contribution in [0.2, 0.25) is 0 Å². The molecular formula is C16H21NO. The van der Waals surface area contributed by atoms with Gasteiger partial charge >= 0.3 is 0 Å². The van der Waals surface area contributed by atoms with E-state index in [9.17, 15) is 0 Å². The lowest BCUT2D eigenvalue weighted by Gasteiger charge is -2.18. The fourth-order valence-electron chi connectivity index (χ4n) is 2.80. The highest BCUT2D eigenvalue weighted by Gasteiger charge is 2.18. The fraction of sp³-hybridized carbons (Fsp3) is 0.375. The Morgan fingerprint density at radius 3 is 1.94 bits per heavy atom. The van der Waals surface area contributed by atoms with E-state index in [1.165, 1.54) is 22.3 Å². The molecule has 0 radical (unpaired) electrons. The molecule has 1 aromatic carbocycles. The number of hydrogen-bond donors (Lipinski definition) is 1. The maximum atomic E-state index is 6.42. The molecule has 1 atom stereocenters. The monoisotopic (exact) mass is 243 g/mol. The molecule has 2 rings (SSSR count). The quantitative estimate of drug-likeness (QED) is 0.869. The second-order valence-corrected chi connectivity index (χ2v) is 5.16. The van der Waals surface area contributed by atoms with Crippen molar-refractivity contribution in [3.8, 4) is 0 Å². The van der Waals surface area contributed by atoms with Crippen molar-refractivity contribution in [3.63, 3.8) is 0 Å². The minimum atomic E-state index is -0.108. The summed E-state index contributed by atoms with van der Waals surface area (Å²) in [5.41, 5.74) is 12.5. The first kappa shape index (κ1) is 12.9. The van der Waals surface area contributed by atoms with Crippen LogP contribution in [0.15, 0.2) is 22.6 Å². The van der Waals surface area contributed by atoms with Crippen molar-refractivity contribution in [2.75, 3.05) is 0 Å². The van der Waals surface area contributed by atoms with E-state index in [1.807, 2.05) is 19.9 Å². The van der Waals surface area contributed by atoms with Crippen molar-refractivity contribution in [1.29, 1.82) is 0 Å². The van der Waals surface area contributed by atoms with Gasteiger partial charge in [0, 0.05) is 5.56 Å². The van der Waals surface area contributed by atoms with Gasteiger partial charge in [0.25, 0.3) is 0 Å². The Bertz CT molecular complexity index is 558. The van der Waals surface area contributed by atoms with Gasteiger partial charge in [-0.1, -0.05) is 17.7 Å². The summed E-state index contributed by atoms with van der Waals surface area (Å²) in [7, 11) is 0. The van der Waals surface area contributed by atoms with Crippen LogP contribution in [0.1, 0.15) is 45.4 Å². The zero-order valence-corrected chi connectivity index (χ0v) is 11.8. The lowest BCUT2D eigenvalue weighted by Crippen LogP contribution is -2.15. The molecule has 2 aromatic rings. The molecule has 0 fully saturated rings. The first-order chi connectivity index (χ1) is 8.40. The molecule has 2 nitrogen and oxygen atoms in total. The van der Waals surface area contributed by atoms with E-state index < -0.39 is 0 Å². The highest BCUT2D eigenvalue weighted by atomic mass is 16.3. The van der Waals surface area contributed by atoms with Gasteiger partial charge in [-0.2, -0.15) is 0 Å². The molecule has 1 aromatic heterocycles. The summed E-state index contributed by atoms with van der Waals surface area (Å²) in [6, 6.07) is 6.30. The molecule has 1 heterocycles. The van der Waals surface area contributed by atoms with Crippen molar-refractivity contribution < 1.29 is 4.42 Å². The van der Waals surface area contributed by atoms with Crippen molar-refractivity contribution in [2.45, 2.75) is 40.7 Å². The van der Waals surface area contributed by atoms with Crippen molar-refractivity contribution in [2.24, 2.45) is 5.73 Å². The molecule has 2 heteroatoms. The molecule has 0 aliphatic rings. The topological polar surface area (TPSA) is 39.2 Å². The first-order valence-electron chi connectivity index (χ1n) is 6.30. The van der Waals surface area contributed by atoms with E-state index in [0.29, 0.717) is 0 Å². The van der Waals surface area contributed by atoms with Crippen LogP contribution in [0.4, 0.5) is 0 Å². The second kappa shape index (κ2) is 4.62. The third-order valence-electron chi connectivity index (χ3n) is 3.46. The Hall–Kier alpha value is -1.54. The van der Waals surface area contributed by atoms with E-state index >= 15 is 0 Å². The van der Waals surface area contributed by atoms with Crippen LogP contribution in [-0.2, 0) is 0 Å². The minimum Gasteiger partial charge on any atom is -0.466 e. The van der Waals surface area contributed by atoms with E-state index in [2.05, 4.69) is 32.9 Å². The maximum Gasteiger partial charge on any atom is 0.106 e. The average molecular weight is 243 g/mol. The first-order valence-corrected chi connectivity index (χ1v) is 6.30. The molecule has 0 saturated heterocycles. The van der Waals surface area contributed by atoms with Gasteiger partial charge in [0.05, 0.1) is 6.04 Å². The summed E-state index contributed by atoms with van der Waals surface area (Å²) in [5.74, 6) is 1.83. The van der Waals surface area contributed by atoms with Crippen LogP contribution in [0.5, 0.6) is 0 Å². The second-order valence-electron chi connectivity index (χ2n) is 5.16. The molecule has 18 heavy (non-hydrogen) atoms. The van der Waals surface area contributed by atoms with E-state index in [1.54, 1.807) is 0 Å². The molecular weight excluding hydrogens is 222 g/mol. The number of aryl methyl sites for hydroxylation is 5. The van der Waals surface area contributed by atoms with E-state index in [4.69, 9.17) is 10.2 Å². The molecule has 0 saturated carbocycles.